The number of hydrogen-bond acceptors (Lipinski definition) is 4. The van der Waals surface area contributed by atoms with Gasteiger partial charge in [0.1, 0.15) is 0 Å². The number of halogens is 1. The first-order valence-corrected chi connectivity index (χ1v) is 7.88. The van der Waals surface area contributed by atoms with E-state index in [1.54, 1.807) is 18.0 Å². The lowest BCUT2D eigenvalue weighted by Crippen LogP contribution is -2.31. The van der Waals surface area contributed by atoms with Crippen LogP contribution in [-0.4, -0.2) is 15.5 Å². The van der Waals surface area contributed by atoms with Gasteiger partial charge in [0.05, 0.1) is 23.0 Å². The lowest BCUT2D eigenvalue weighted by atomic mass is 10.2. The molecule has 0 spiro atoms. The molecule has 1 aromatic carbocycles. The second-order valence-electron chi connectivity index (χ2n) is 4.54. The van der Waals surface area contributed by atoms with Gasteiger partial charge >= 0.3 is 0 Å². The SMILES string of the molecule is CCn1ncc(Cl)c1C(CSc1ccc(C)cc1)NN. The molecule has 0 radical (unpaired) electrons. The Morgan fingerprint density at radius 1 is 1.40 bits per heavy atom. The molecule has 2 rings (SSSR count). The number of nitrogens with two attached hydrogens (primary N) is 1. The fraction of sp³-hybridized carbons (Fsp3) is 0.357. The Hall–Kier alpha value is -1.01. The van der Waals surface area contributed by atoms with Crippen molar-refractivity contribution in [1.29, 1.82) is 0 Å². The van der Waals surface area contributed by atoms with Crippen molar-refractivity contribution in [1.82, 2.24) is 15.2 Å². The maximum atomic E-state index is 6.21. The maximum Gasteiger partial charge on any atom is 0.0834 e. The minimum absolute atomic E-state index is 0.0312. The van der Waals surface area contributed by atoms with E-state index in [1.807, 2.05) is 11.6 Å². The summed E-state index contributed by atoms with van der Waals surface area (Å²) >= 11 is 7.96. The first-order chi connectivity index (χ1) is 9.65. The maximum absolute atomic E-state index is 6.21. The van der Waals surface area contributed by atoms with Gasteiger partial charge in [-0.05, 0) is 26.0 Å². The van der Waals surface area contributed by atoms with Crippen molar-refractivity contribution >= 4 is 23.4 Å². The van der Waals surface area contributed by atoms with Crippen molar-refractivity contribution in [2.45, 2.75) is 31.3 Å². The highest BCUT2D eigenvalue weighted by Gasteiger charge is 2.19. The summed E-state index contributed by atoms with van der Waals surface area (Å²) in [6.45, 7) is 4.89. The van der Waals surface area contributed by atoms with Crippen molar-refractivity contribution in [2.75, 3.05) is 5.75 Å². The molecule has 0 amide bonds. The highest BCUT2D eigenvalue weighted by Crippen LogP contribution is 2.28. The van der Waals surface area contributed by atoms with E-state index in [0.29, 0.717) is 5.02 Å². The van der Waals surface area contributed by atoms with Crippen LogP contribution in [-0.2, 0) is 6.54 Å². The van der Waals surface area contributed by atoms with Crippen molar-refractivity contribution in [2.24, 2.45) is 5.84 Å². The van der Waals surface area contributed by atoms with Gasteiger partial charge in [0.2, 0.25) is 0 Å². The van der Waals surface area contributed by atoms with Gasteiger partial charge in [0, 0.05) is 17.2 Å². The minimum Gasteiger partial charge on any atom is -0.271 e. The van der Waals surface area contributed by atoms with E-state index in [2.05, 4.69) is 41.7 Å². The van der Waals surface area contributed by atoms with Crippen LogP contribution in [0.3, 0.4) is 0 Å². The van der Waals surface area contributed by atoms with Gasteiger partial charge in [-0.2, -0.15) is 5.10 Å². The van der Waals surface area contributed by atoms with E-state index in [-0.39, 0.29) is 6.04 Å². The molecule has 1 atom stereocenters. The Morgan fingerprint density at radius 2 is 2.10 bits per heavy atom. The van der Waals surface area contributed by atoms with Crippen molar-refractivity contribution < 1.29 is 0 Å². The molecule has 2 aromatic rings. The van der Waals surface area contributed by atoms with Crippen molar-refractivity contribution in [3.05, 3.63) is 46.7 Å². The molecular formula is C14H19ClN4S. The van der Waals surface area contributed by atoms with Crippen LogP contribution in [0.4, 0.5) is 0 Å². The number of aromatic nitrogens is 2. The number of hydrazine groups is 1. The predicted molar refractivity (Wildman–Crippen MR) is 84.9 cm³/mol. The summed E-state index contributed by atoms with van der Waals surface area (Å²) < 4.78 is 1.88. The molecule has 6 heteroatoms. The summed E-state index contributed by atoms with van der Waals surface area (Å²) in [5.41, 5.74) is 5.04. The number of hydrogen-bond donors (Lipinski definition) is 2. The number of aryl methyl sites for hydroxylation is 2. The summed E-state index contributed by atoms with van der Waals surface area (Å²) in [6.07, 6.45) is 1.67. The van der Waals surface area contributed by atoms with Crippen molar-refractivity contribution in [3.63, 3.8) is 0 Å². The van der Waals surface area contributed by atoms with Gasteiger partial charge in [0.15, 0.2) is 0 Å². The second-order valence-corrected chi connectivity index (χ2v) is 6.04. The number of nitrogens with one attached hydrogen (secondary N) is 1. The predicted octanol–water partition coefficient (Wildman–Crippen LogP) is 3.16. The third kappa shape index (κ3) is 3.55. The van der Waals surface area contributed by atoms with E-state index >= 15 is 0 Å². The van der Waals surface area contributed by atoms with Gasteiger partial charge in [0.25, 0.3) is 0 Å². The Bertz CT molecular complexity index is 553. The first kappa shape index (κ1) is 15.4. The van der Waals surface area contributed by atoms with Gasteiger partial charge in [-0.25, -0.2) is 0 Å². The third-order valence-electron chi connectivity index (χ3n) is 3.10. The molecule has 0 aliphatic carbocycles. The number of benzene rings is 1. The van der Waals surface area contributed by atoms with E-state index < -0.39 is 0 Å². The topological polar surface area (TPSA) is 55.9 Å². The molecule has 0 bridgehead atoms. The van der Waals surface area contributed by atoms with Gasteiger partial charge in [-0.3, -0.25) is 16.0 Å². The number of nitrogens with zero attached hydrogens (tertiary/aromatic N) is 2. The normalized spacial score (nSPS) is 12.6. The second kappa shape index (κ2) is 7.13. The fourth-order valence-electron chi connectivity index (χ4n) is 1.99. The molecule has 108 valence electrons. The van der Waals surface area contributed by atoms with Gasteiger partial charge in [-0.1, -0.05) is 29.3 Å². The van der Waals surface area contributed by atoms with Crippen LogP contribution >= 0.6 is 23.4 Å². The van der Waals surface area contributed by atoms with Crippen LogP contribution in [0.15, 0.2) is 35.4 Å². The summed E-state index contributed by atoms with van der Waals surface area (Å²) in [5, 5.41) is 4.90. The molecule has 1 heterocycles. The van der Waals surface area contributed by atoms with Crippen LogP contribution < -0.4 is 11.3 Å². The Balaban J connectivity index is 2.09. The van der Waals surface area contributed by atoms with Crippen LogP contribution in [0, 0.1) is 6.92 Å². The highest BCUT2D eigenvalue weighted by molar-refractivity contribution is 7.99. The zero-order valence-corrected chi connectivity index (χ0v) is 13.2. The molecular weight excluding hydrogens is 292 g/mol. The average Bonchev–Trinajstić information content (AvgIpc) is 2.83. The molecule has 0 aliphatic rings. The highest BCUT2D eigenvalue weighted by atomic mass is 35.5. The Kier molecular flexibility index (Phi) is 5.48. The Labute approximate surface area is 128 Å². The molecule has 20 heavy (non-hydrogen) atoms. The number of thioether (sulfide) groups is 1. The first-order valence-electron chi connectivity index (χ1n) is 6.52. The number of rotatable bonds is 6. The largest absolute Gasteiger partial charge is 0.271 e. The standard InChI is InChI=1S/C14H19ClN4S/c1-3-19-14(12(15)8-17-19)13(18-16)9-20-11-6-4-10(2)5-7-11/h4-8,13,18H,3,9,16H2,1-2H3. The van der Waals surface area contributed by atoms with Crippen LogP contribution in [0.2, 0.25) is 5.02 Å². The molecule has 4 nitrogen and oxygen atoms in total. The molecule has 1 aromatic heterocycles. The smallest absolute Gasteiger partial charge is 0.0834 e. The summed E-state index contributed by atoms with van der Waals surface area (Å²) in [6, 6.07) is 8.42. The molecule has 0 fully saturated rings. The molecule has 0 saturated carbocycles. The average molecular weight is 311 g/mol. The van der Waals surface area contributed by atoms with Gasteiger partial charge < -0.3 is 0 Å². The summed E-state index contributed by atoms with van der Waals surface area (Å²) in [5.74, 6) is 6.48. The van der Waals surface area contributed by atoms with E-state index in [4.69, 9.17) is 17.4 Å². The monoisotopic (exact) mass is 310 g/mol. The van der Waals surface area contributed by atoms with E-state index in [1.165, 1.54) is 10.5 Å². The van der Waals surface area contributed by atoms with E-state index in [0.717, 1.165) is 18.0 Å². The minimum atomic E-state index is -0.0312. The third-order valence-corrected chi connectivity index (χ3v) is 4.50. The lowest BCUT2D eigenvalue weighted by Gasteiger charge is -2.17. The van der Waals surface area contributed by atoms with E-state index in [9.17, 15) is 0 Å². The summed E-state index contributed by atoms with van der Waals surface area (Å²) in [4.78, 5) is 1.22. The van der Waals surface area contributed by atoms with Crippen molar-refractivity contribution in [3.8, 4) is 0 Å². The molecule has 0 aliphatic heterocycles. The zero-order chi connectivity index (χ0) is 14.5. The van der Waals surface area contributed by atoms with Crippen LogP contribution in [0.1, 0.15) is 24.2 Å². The molecule has 0 saturated heterocycles. The zero-order valence-electron chi connectivity index (χ0n) is 11.6. The molecule has 1 unspecified atom stereocenters. The quantitative estimate of drug-likeness (QED) is 0.489. The molecule has 3 N–H and O–H groups in total. The Morgan fingerprint density at radius 3 is 2.70 bits per heavy atom. The van der Waals surface area contributed by atoms with Gasteiger partial charge in [-0.15, -0.1) is 11.8 Å². The summed E-state index contributed by atoms with van der Waals surface area (Å²) in [7, 11) is 0. The van der Waals surface area contributed by atoms with Crippen LogP contribution in [0.5, 0.6) is 0 Å². The van der Waals surface area contributed by atoms with Crippen LogP contribution in [0.25, 0.3) is 0 Å². The fourth-order valence-corrected chi connectivity index (χ4v) is 3.21. The lowest BCUT2D eigenvalue weighted by molar-refractivity contribution is 0.528.